The first-order valence-electron chi connectivity index (χ1n) is 6.96. The topological polar surface area (TPSA) is 41.4 Å². The molecule has 2 rings (SSSR count). The summed E-state index contributed by atoms with van der Waals surface area (Å²) in [5.74, 6) is 0.263. The summed E-state index contributed by atoms with van der Waals surface area (Å²) in [6, 6.07) is 1.94. The Morgan fingerprint density at radius 2 is 1.84 bits per heavy atom. The average Bonchev–Trinajstić information content (AvgIpc) is 2.88. The quantitative estimate of drug-likeness (QED) is 0.820. The van der Waals surface area contributed by atoms with Crippen molar-refractivity contribution in [1.29, 1.82) is 0 Å². The second kappa shape index (κ2) is 5.74. The minimum Gasteiger partial charge on any atom is -0.340 e. The van der Waals surface area contributed by atoms with Crippen LogP contribution < -0.4 is 0 Å². The van der Waals surface area contributed by atoms with Crippen LogP contribution in [-0.4, -0.2) is 58.2 Å². The van der Waals surface area contributed by atoms with Crippen LogP contribution in [-0.2, 0) is 11.3 Å². The van der Waals surface area contributed by atoms with E-state index in [2.05, 4.69) is 10.00 Å². The van der Waals surface area contributed by atoms with Crippen molar-refractivity contribution in [1.82, 2.24) is 19.6 Å². The van der Waals surface area contributed by atoms with Gasteiger partial charge in [0.15, 0.2) is 0 Å². The molecule has 0 radical (unpaired) electrons. The molecule has 0 unspecified atom stereocenters. The minimum absolute atomic E-state index is 0.263. The molecule has 1 saturated heterocycles. The summed E-state index contributed by atoms with van der Waals surface area (Å²) in [6.45, 7) is 11.5. The van der Waals surface area contributed by atoms with Gasteiger partial charge in [-0.25, -0.2) is 0 Å². The molecular weight excluding hydrogens is 240 g/mol. The Morgan fingerprint density at radius 3 is 2.37 bits per heavy atom. The van der Waals surface area contributed by atoms with E-state index in [-0.39, 0.29) is 11.3 Å². The summed E-state index contributed by atoms with van der Waals surface area (Å²) in [7, 11) is 0. The fourth-order valence-electron chi connectivity index (χ4n) is 2.33. The molecule has 5 heteroatoms. The smallest absolute Gasteiger partial charge is 0.228 e. The lowest BCUT2D eigenvalue weighted by Crippen LogP contribution is -2.52. The monoisotopic (exact) mass is 264 g/mol. The zero-order chi connectivity index (χ0) is 13.9. The van der Waals surface area contributed by atoms with Crippen LogP contribution in [0.2, 0.25) is 0 Å². The van der Waals surface area contributed by atoms with Crippen molar-refractivity contribution in [2.45, 2.75) is 27.3 Å². The molecule has 1 aromatic rings. The van der Waals surface area contributed by atoms with Crippen LogP contribution in [0.3, 0.4) is 0 Å². The van der Waals surface area contributed by atoms with Gasteiger partial charge in [0.25, 0.3) is 0 Å². The molecular formula is C14H24N4O. The van der Waals surface area contributed by atoms with Gasteiger partial charge in [0, 0.05) is 50.5 Å². The predicted octanol–water partition coefficient (Wildman–Crippen LogP) is 1.07. The summed E-state index contributed by atoms with van der Waals surface area (Å²) >= 11 is 0. The van der Waals surface area contributed by atoms with Gasteiger partial charge >= 0.3 is 0 Å². The van der Waals surface area contributed by atoms with E-state index in [1.54, 1.807) is 6.20 Å². The lowest BCUT2D eigenvalue weighted by molar-refractivity contribution is -0.141. The van der Waals surface area contributed by atoms with E-state index >= 15 is 0 Å². The Hall–Kier alpha value is -1.36. The lowest BCUT2D eigenvalue weighted by Gasteiger charge is -2.37. The molecule has 0 aliphatic carbocycles. The Balaban J connectivity index is 1.75. The number of carbonyl (C=O) groups excluding carboxylic acids is 1. The van der Waals surface area contributed by atoms with E-state index in [0.29, 0.717) is 0 Å². The highest BCUT2D eigenvalue weighted by Crippen LogP contribution is 2.18. The first-order chi connectivity index (χ1) is 8.97. The molecule has 0 atom stereocenters. The zero-order valence-corrected chi connectivity index (χ0v) is 12.2. The third-order valence-corrected chi connectivity index (χ3v) is 3.51. The van der Waals surface area contributed by atoms with Gasteiger partial charge in [-0.05, 0) is 6.07 Å². The third-order valence-electron chi connectivity index (χ3n) is 3.51. The second-order valence-corrected chi connectivity index (χ2v) is 6.15. The molecule has 5 nitrogen and oxygen atoms in total. The molecule has 0 N–H and O–H groups in total. The fourth-order valence-corrected chi connectivity index (χ4v) is 2.33. The second-order valence-electron chi connectivity index (χ2n) is 6.15. The van der Waals surface area contributed by atoms with Gasteiger partial charge in [0.2, 0.25) is 5.91 Å². The van der Waals surface area contributed by atoms with Crippen molar-refractivity contribution in [3.8, 4) is 0 Å². The maximum atomic E-state index is 12.2. The minimum atomic E-state index is -0.267. The zero-order valence-electron chi connectivity index (χ0n) is 12.2. The van der Waals surface area contributed by atoms with E-state index < -0.39 is 0 Å². The van der Waals surface area contributed by atoms with Crippen molar-refractivity contribution >= 4 is 5.91 Å². The summed E-state index contributed by atoms with van der Waals surface area (Å²) in [4.78, 5) is 16.6. The SMILES string of the molecule is CC(C)(C)C(=O)N1CCN(CCn2cccn2)CC1. The Morgan fingerprint density at radius 1 is 1.16 bits per heavy atom. The van der Waals surface area contributed by atoms with Gasteiger partial charge in [-0.3, -0.25) is 14.4 Å². The van der Waals surface area contributed by atoms with E-state index in [1.165, 1.54) is 0 Å². The van der Waals surface area contributed by atoms with Gasteiger partial charge < -0.3 is 4.90 Å². The van der Waals surface area contributed by atoms with Crippen molar-refractivity contribution in [3.63, 3.8) is 0 Å². The number of piperazine rings is 1. The Bertz CT molecular complexity index is 400. The van der Waals surface area contributed by atoms with Crippen molar-refractivity contribution in [2.24, 2.45) is 5.41 Å². The molecule has 1 aliphatic rings. The standard InChI is InChI=1S/C14H24N4O/c1-14(2,3)13(19)17-10-7-16(8-11-17)9-12-18-6-4-5-15-18/h4-6H,7-12H2,1-3H3. The van der Waals surface area contributed by atoms with Crippen molar-refractivity contribution < 1.29 is 4.79 Å². The summed E-state index contributed by atoms with van der Waals surface area (Å²) < 4.78 is 1.95. The van der Waals surface area contributed by atoms with Crippen LogP contribution in [0.25, 0.3) is 0 Å². The number of nitrogens with zero attached hydrogens (tertiary/aromatic N) is 4. The van der Waals surface area contributed by atoms with Crippen LogP contribution in [0.1, 0.15) is 20.8 Å². The van der Waals surface area contributed by atoms with Gasteiger partial charge in [0.1, 0.15) is 0 Å². The largest absolute Gasteiger partial charge is 0.340 e. The Labute approximate surface area is 115 Å². The normalized spacial score (nSPS) is 17.7. The van der Waals surface area contributed by atoms with Crippen LogP contribution in [0, 0.1) is 5.41 Å². The molecule has 0 aromatic carbocycles. The van der Waals surface area contributed by atoms with Gasteiger partial charge in [-0.1, -0.05) is 20.8 Å². The third kappa shape index (κ3) is 3.80. The molecule has 1 aromatic heterocycles. The first-order valence-corrected chi connectivity index (χ1v) is 6.96. The Kier molecular flexibility index (Phi) is 4.24. The van der Waals surface area contributed by atoms with Crippen LogP contribution in [0.4, 0.5) is 0 Å². The predicted molar refractivity (Wildman–Crippen MR) is 74.7 cm³/mol. The maximum absolute atomic E-state index is 12.2. The first kappa shape index (κ1) is 14.1. The van der Waals surface area contributed by atoms with Gasteiger partial charge in [0.05, 0.1) is 6.54 Å². The van der Waals surface area contributed by atoms with E-state index in [0.717, 1.165) is 39.3 Å². The van der Waals surface area contributed by atoms with Crippen LogP contribution >= 0.6 is 0 Å². The molecule has 0 saturated carbocycles. The fraction of sp³-hybridized carbons (Fsp3) is 0.714. The van der Waals surface area contributed by atoms with E-state index in [1.807, 2.05) is 42.6 Å². The summed E-state index contributed by atoms with van der Waals surface area (Å²) in [5, 5.41) is 4.20. The number of aromatic nitrogens is 2. The van der Waals surface area contributed by atoms with E-state index in [4.69, 9.17) is 0 Å². The molecule has 19 heavy (non-hydrogen) atoms. The van der Waals surface area contributed by atoms with Gasteiger partial charge in [-0.15, -0.1) is 0 Å². The van der Waals surface area contributed by atoms with E-state index in [9.17, 15) is 4.79 Å². The number of rotatable bonds is 3. The molecule has 0 spiro atoms. The van der Waals surface area contributed by atoms with Crippen molar-refractivity contribution in [3.05, 3.63) is 18.5 Å². The molecule has 2 heterocycles. The molecule has 1 fully saturated rings. The van der Waals surface area contributed by atoms with Gasteiger partial charge in [-0.2, -0.15) is 5.10 Å². The number of amides is 1. The number of hydrogen-bond donors (Lipinski definition) is 0. The molecule has 0 bridgehead atoms. The van der Waals surface area contributed by atoms with Crippen LogP contribution in [0.5, 0.6) is 0 Å². The molecule has 106 valence electrons. The summed E-state index contributed by atoms with van der Waals surface area (Å²) in [6.07, 6.45) is 3.79. The number of hydrogen-bond acceptors (Lipinski definition) is 3. The highest BCUT2D eigenvalue weighted by molar-refractivity contribution is 5.81. The number of carbonyl (C=O) groups is 1. The van der Waals surface area contributed by atoms with Crippen LogP contribution in [0.15, 0.2) is 18.5 Å². The highest BCUT2D eigenvalue weighted by atomic mass is 16.2. The highest BCUT2D eigenvalue weighted by Gasteiger charge is 2.29. The maximum Gasteiger partial charge on any atom is 0.228 e. The lowest BCUT2D eigenvalue weighted by atomic mass is 9.94. The molecule has 1 aliphatic heterocycles. The van der Waals surface area contributed by atoms with Crippen molar-refractivity contribution in [2.75, 3.05) is 32.7 Å². The molecule has 1 amide bonds. The average molecular weight is 264 g/mol. The summed E-state index contributed by atoms with van der Waals surface area (Å²) in [5.41, 5.74) is -0.267.